The van der Waals surface area contributed by atoms with Gasteiger partial charge in [-0.25, -0.2) is 15.8 Å². The SMILES string of the molecule is Cc1cccc(C(=Nc2ccccc2)NN)n1. The summed E-state index contributed by atoms with van der Waals surface area (Å²) in [6.45, 7) is 1.93. The number of amidine groups is 1. The minimum absolute atomic E-state index is 0.555. The van der Waals surface area contributed by atoms with Crippen LogP contribution in [-0.4, -0.2) is 10.8 Å². The van der Waals surface area contributed by atoms with Gasteiger partial charge in [0.25, 0.3) is 0 Å². The number of benzene rings is 1. The van der Waals surface area contributed by atoms with Gasteiger partial charge >= 0.3 is 0 Å². The van der Waals surface area contributed by atoms with Crippen LogP contribution in [0.1, 0.15) is 11.4 Å². The average Bonchev–Trinajstić information content (AvgIpc) is 2.37. The quantitative estimate of drug-likeness (QED) is 0.356. The van der Waals surface area contributed by atoms with Gasteiger partial charge in [0.05, 0.1) is 5.69 Å². The lowest BCUT2D eigenvalue weighted by Gasteiger charge is -2.05. The van der Waals surface area contributed by atoms with Gasteiger partial charge in [-0.15, -0.1) is 0 Å². The lowest BCUT2D eigenvalue weighted by molar-refractivity contribution is 1.01. The number of pyridine rings is 1. The Hall–Kier alpha value is -2.20. The second kappa shape index (κ2) is 5.23. The van der Waals surface area contributed by atoms with Gasteiger partial charge in [-0.1, -0.05) is 24.3 Å². The van der Waals surface area contributed by atoms with Crippen molar-refractivity contribution in [2.24, 2.45) is 10.8 Å². The number of nitrogens with two attached hydrogens (primary N) is 1. The minimum Gasteiger partial charge on any atom is -0.307 e. The van der Waals surface area contributed by atoms with Gasteiger partial charge in [-0.05, 0) is 31.2 Å². The van der Waals surface area contributed by atoms with E-state index in [9.17, 15) is 0 Å². The fraction of sp³-hybridized carbons (Fsp3) is 0.0769. The fourth-order valence-corrected chi connectivity index (χ4v) is 1.47. The molecular formula is C13H14N4. The van der Waals surface area contributed by atoms with E-state index in [1.165, 1.54) is 0 Å². The van der Waals surface area contributed by atoms with Crippen LogP contribution in [0, 0.1) is 6.92 Å². The third kappa shape index (κ3) is 2.89. The van der Waals surface area contributed by atoms with Crippen LogP contribution >= 0.6 is 0 Å². The molecule has 86 valence electrons. The maximum Gasteiger partial charge on any atom is 0.166 e. The maximum absolute atomic E-state index is 5.48. The van der Waals surface area contributed by atoms with Gasteiger partial charge in [-0.3, -0.25) is 0 Å². The van der Waals surface area contributed by atoms with Crippen LogP contribution in [0.25, 0.3) is 0 Å². The highest BCUT2D eigenvalue weighted by Crippen LogP contribution is 2.11. The molecule has 4 heteroatoms. The molecule has 0 atom stereocenters. The number of hydrazine groups is 1. The molecule has 0 saturated carbocycles. The zero-order chi connectivity index (χ0) is 12.1. The van der Waals surface area contributed by atoms with Gasteiger partial charge in [-0.2, -0.15) is 0 Å². The summed E-state index contributed by atoms with van der Waals surface area (Å²) in [5.41, 5.74) is 5.08. The number of nitrogens with one attached hydrogen (secondary N) is 1. The van der Waals surface area contributed by atoms with Gasteiger partial charge in [0.1, 0.15) is 5.69 Å². The Morgan fingerprint density at radius 1 is 1.12 bits per heavy atom. The van der Waals surface area contributed by atoms with E-state index in [0.29, 0.717) is 5.84 Å². The predicted molar refractivity (Wildman–Crippen MR) is 68.9 cm³/mol. The summed E-state index contributed by atoms with van der Waals surface area (Å²) in [5.74, 6) is 6.04. The van der Waals surface area contributed by atoms with E-state index in [0.717, 1.165) is 17.1 Å². The number of aliphatic imine (C=N–C) groups is 1. The van der Waals surface area contributed by atoms with Crippen LogP contribution in [0.5, 0.6) is 0 Å². The molecular weight excluding hydrogens is 212 g/mol. The summed E-state index contributed by atoms with van der Waals surface area (Å²) in [7, 11) is 0. The van der Waals surface area contributed by atoms with Crippen molar-refractivity contribution in [1.29, 1.82) is 0 Å². The van der Waals surface area contributed by atoms with Crippen LogP contribution in [0.4, 0.5) is 5.69 Å². The molecule has 0 aliphatic rings. The molecule has 0 bridgehead atoms. The van der Waals surface area contributed by atoms with Gasteiger partial charge in [0.2, 0.25) is 0 Å². The van der Waals surface area contributed by atoms with Gasteiger partial charge in [0.15, 0.2) is 5.84 Å². The maximum atomic E-state index is 5.48. The molecule has 0 aliphatic heterocycles. The number of rotatable bonds is 2. The zero-order valence-electron chi connectivity index (χ0n) is 9.59. The third-order valence-corrected chi connectivity index (χ3v) is 2.26. The average molecular weight is 226 g/mol. The number of nitrogens with zero attached hydrogens (tertiary/aromatic N) is 2. The summed E-state index contributed by atoms with van der Waals surface area (Å²) < 4.78 is 0. The van der Waals surface area contributed by atoms with Crippen LogP contribution in [-0.2, 0) is 0 Å². The highest BCUT2D eigenvalue weighted by Gasteiger charge is 2.03. The highest BCUT2D eigenvalue weighted by atomic mass is 15.3. The van der Waals surface area contributed by atoms with Crippen molar-refractivity contribution in [3.05, 3.63) is 59.9 Å². The molecule has 17 heavy (non-hydrogen) atoms. The first-order valence-corrected chi connectivity index (χ1v) is 5.34. The normalized spacial score (nSPS) is 11.3. The molecule has 2 rings (SSSR count). The van der Waals surface area contributed by atoms with Crippen molar-refractivity contribution in [3.63, 3.8) is 0 Å². The Morgan fingerprint density at radius 2 is 1.88 bits per heavy atom. The summed E-state index contributed by atoms with van der Waals surface area (Å²) >= 11 is 0. The Labute approximate surface area is 100 Å². The van der Waals surface area contributed by atoms with Gasteiger partial charge in [0, 0.05) is 5.69 Å². The fourth-order valence-electron chi connectivity index (χ4n) is 1.47. The van der Waals surface area contributed by atoms with Crippen LogP contribution < -0.4 is 11.3 Å². The number of hydrogen-bond donors (Lipinski definition) is 2. The Kier molecular flexibility index (Phi) is 3.47. The molecule has 0 radical (unpaired) electrons. The molecule has 1 aromatic carbocycles. The van der Waals surface area contributed by atoms with Crippen LogP contribution in [0.3, 0.4) is 0 Å². The van der Waals surface area contributed by atoms with Crippen LogP contribution in [0.15, 0.2) is 53.5 Å². The Bertz CT molecular complexity index is 520. The molecule has 0 spiro atoms. The lowest BCUT2D eigenvalue weighted by Crippen LogP contribution is -2.31. The van der Waals surface area contributed by atoms with E-state index in [2.05, 4.69) is 15.4 Å². The standard InChI is InChI=1S/C13H14N4/c1-10-6-5-9-12(15-10)13(17-14)16-11-7-3-2-4-8-11/h2-9H,14H2,1H3,(H,16,17). The van der Waals surface area contributed by atoms with E-state index in [-0.39, 0.29) is 0 Å². The van der Waals surface area contributed by atoms with Crippen molar-refractivity contribution < 1.29 is 0 Å². The molecule has 3 N–H and O–H groups in total. The largest absolute Gasteiger partial charge is 0.307 e. The summed E-state index contributed by atoms with van der Waals surface area (Å²) in [4.78, 5) is 8.77. The van der Waals surface area contributed by atoms with Crippen molar-refractivity contribution in [2.45, 2.75) is 6.92 Å². The number of para-hydroxylation sites is 1. The second-order valence-corrected chi connectivity index (χ2v) is 3.60. The zero-order valence-corrected chi connectivity index (χ0v) is 9.59. The second-order valence-electron chi connectivity index (χ2n) is 3.60. The van der Waals surface area contributed by atoms with E-state index >= 15 is 0 Å². The summed E-state index contributed by atoms with van der Waals surface area (Å²) in [6.07, 6.45) is 0. The first kappa shape index (κ1) is 11.3. The van der Waals surface area contributed by atoms with Gasteiger partial charge < -0.3 is 5.43 Å². The van der Waals surface area contributed by atoms with Crippen LogP contribution in [0.2, 0.25) is 0 Å². The minimum atomic E-state index is 0.555. The molecule has 0 unspecified atom stereocenters. The van der Waals surface area contributed by atoms with E-state index < -0.39 is 0 Å². The van der Waals surface area contributed by atoms with E-state index in [1.54, 1.807) is 0 Å². The van der Waals surface area contributed by atoms with Crippen molar-refractivity contribution in [3.8, 4) is 0 Å². The third-order valence-electron chi connectivity index (χ3n) is 2.26. The highest BCUT2D eigenvalue weighted by molar-refractivity contribution is 5.98. The molecule has 0 aliphatic carbocycles. The van der Waals surface area contributed by atoms with E-state index in [1.807, 2.05) is 55.5 Å². The lowest BCUT2D eigenvalue weighted by atomic mass is 10.3. The molecule has 4 nitrogen and oxygen atoms in total. The summed E-state index contributed by atoms with van der Waals surface area (Å²) in [6, 6.07) is 15.3. The Balaban J connectivity index is 2.37. The van der Waals surface area contributed by atoms with Crippen molar-refractivity contribution in [2.75, 3.05) is 0 Å². The predicted octanol–water partition coefficient (Wildman–Crippen LogP) is 1.93. The number of aryl methyl sites for hydroxylation is 1. The van der Waals surface area contributed by atoms with Crippen molar-refractivity contribution >= 4 is 11.5 Å². The molecule has 0 fully saturated rings. The molecule has 0 saturated heterocycles. The molecule has 0 amide bonds. The first-order valence-electron chi connectivity index (χ1n) is 5.34. The Morgan fingerprint density at radius 3 is 2.53 bits per heavy atom. The molecule has 1 heterocycles. The monoisotopic (exact) mass is 226 g/mol. The molecule has 2 aromatic rings. The first-order chi connectivity index (χ1) is 8.29. The smallest absolute Gasteiger partial charge is 0.166 e. The molecule has 1 aromatic heterocycles. The number of aromatic nitrogens is 1. The summed E-state index contributed by atoms with van der Waals surface area (Å²) in [5, 5.41) is 0. The topological polar surface area (TPSA) is 63.3 Å². The van der Waals surface area contributed by atoms with E-state index in [4.69, 9.17) is 5.84 Å². The van der Waals surface area contributed by atoms with Crippen molar-refractivity contribution in [1.82, 2.24) is 10.4 Å². The number of hydrogen-bond acceptors (Lipinski definition) is 3.